The zero-order valence-electron chi connectivity index (χ0n) is 18.1. The van der Waals surface area contributed by atoms with Gasteiger partial charge in [0.05, 0.1) is 20.3 Å². The minimum Gasteiger partial charge on any atom is -0.497 e. The summed E-state index contributed by atoms with van der Waals surface area (Å²) in [7, 11) is 1.71. The number of fused-ring (bicyclic) bond motifs is 1. The first-order valence-electron chi connectivity index (χ1n) is 10.9. The summed E-state index contributed by atoms with van der Waals surface area (Å²) in [5.41, 5.74) is 5.52. The molecule has 1 aliphatic heterocycles. The first kappa shape index (κ1) is 21.0. The molecule has 1 fully saturated rings. The Balaban J connectivity index is 1.53. The average molecular weight is 448 g/mol. The van der Waals surface area contributed by atoms with Crippen LogP contribution in [0.15, 0.2) is 67.1 Å². The Kier molecular flexibility index (Phi) is 6.12. The van der Waals surface area contributed by atoms with E-state index in [9.17, 15) is 0 Å². The van der Waals surface area contributed by atoms with Crippen LogP contribution in [-0.4, -0.2) is 54.4 Å². The predicted molar refractivity (Wildman–Crippen MR) is 129 cm³/mol. The van der Waals surface area contributed by atoms with E-state index in [4.69, 9.17) is 21.1 Å². The zero-order chi connectivity index (χ0) is 21.9. The van der Waals surface area contributed by atoms with Gasteiger partial charge in [0.1, 0.15) is 5.75 Å². The normalized spacial score (nSPS) is 14.7. The molecule has 5 rings (SSSR count). The molecule has 0 amide bonds. The number of hydrogen-bond acceptors (Lipinski definition) is 4. The summed E-state index contributed by atoms with van der Waals surface area (Å²) < 4.78 is 13.3. The number of benzene rings is 2. The third-order valence-corrected chi connectivity index (χ3v) is 6.29. The van der Waals surface area contributed by atoms with Crippen LogP contribution in [0.25, 0.3) is 33.2 Å². The van der Waals surface area contributed by atoms with Crippen LogP contribution in [0.2, 0.25) is 5.02 Å². The molecule has 0 saturated carbocycles. The van der Waals surface area contributed by atoms with E-state index in [0.29, 0.717) is 0 Å². The molecule has 32 heavy (non-hydrogen) atoms. The summed E-state index contributed by atoms with van der Waals surface area (Å²) in [4.78, 5) is 7.00. The molecule has 4 aromatic rings. The van der Waals surface area contributed by atoms with Crippen molar-refractivity contribution in [1.82, 2.24) is 14.5 Å². The highest BCUT2D eigenvalue weighted by Gasteiger charge is 2.15. The predicted octanol–water partition coefficient (Wildman–Crippen LogP) is 5.36. The van der Waals surface area contributed by atoms with Crippen LogP contribution in [0.5, 0.6) is 5.75 Å². The van der Waals surface area contributed by atoms with Crippen LogP contribution in [0.4, 0.5) is 0 Å². The lowest BCUT2D eigenvalue weighted by Crippen LogP contribution is -2.38. The number of nitrogens with zero attached hydrogens (tertiary/aromatic N) is 3. The largest absolute Gasteiger partial charge is 0.497 e. The van der Waals surface area contributed by atoms with Crippen LogP contribution in [0, 0.1) is 0 Å². The van der Waals surface area contributed by atoms with Gasteiger partial charge in [-0.3, -0.25) is 9.88 Å². The van der Waals surface area contributed by atoms with Crippen molar-refractivity contribution in [3.63, 3.8) is 0 Å². The van der Waals surface area contributed by atoms with Gasteiger partial charge in [0, 0.05) is 77.4 Å². The molecule has 2 aromatic heterocycles. The van der Waals surface area contributed by atoms with Gasteiger partial charge in [-0.1, -0.05) is 23.7 Å². The molecule has 1 aliphatic rings. The summed E-state index contributed by atoms with van der Waals surface area (Å²) in [5, 5.41) is 1.88. The summed E-state index contributed by atoms with van der Waals surface area (Å²) in [5.74, 6) is 0.851. The Labute approximate surface area is 193 Å². The van der Waals surface area contributed by atoms with Gasteiger partial charge in [0.15, 0.2) is 0 Å². The molecule has 2 aromatic carbocycles. The van der Waals surface area contributed by atoms with Gasteiger partial charge >= 0.3 is 0 Å². The average Bonchev–Trinajstić information content (AvgIpc) is 3.21. The lowest BCUT2D eigenvalue weighted by atomic mass is 10.0. The van der Waals surface area contributed by atoms with Crippen molar-refractivity contribution in [2.45, 2.75) is 6.54 Å². The van der Waals surface area contributed by atoms with Crippen molar-refractivity contribution in [2.75, 3.05) is 40.0 Å². The Morgan fingerprint density at radius 1 is 0.969 bits per heavy atom. The molecule has 0 spiro atoms. The number of aromatic nitrogens is 2. The number of pyridine rings is 1. The van der Waals surface area contributed by atoms with E-state index in [2.05, 4.69) is 44.9 Å². The minimum atomic E-state index is 0.720. The van der Waals surface area contributed by atoms with E-state index in [-0.39, 0.29) is 0 Å². The first-order valence-corrected chi connectivity index (χ1v) is 11.3. The zero-order valence-corrected chi connectivity index (χ0v) is 18.9. The summed E-state index contributed by atoms with van der Waals surface area (Å²) in [6.45, 7) is 5.54. The Morgan fingerprint density at radius 2 is 1.81 bits per heavy atom. The van der Waals surface area contributed by atoms with Gasteiger partial charge in [-0.25, -0.2) is 0 Å². The van der Waals surface area contributed by atoms with Crippen molar-refractivity contribution in [3.05, 3.63) is 72.1 Å². The van der Waals surface area contributed by atoms with Gasteiger partial charge in [0.2, 0.25) is 0 Å². The van der Waals surface area contributed by atoms with Crippen molar-refractivity contribution in [1.29, 1.82) is 0 Å². The third kappa shape index (κ3) is 4.37. The van der Waals surface area contributed by atoms with Crippen molar-refractivity contribution in [2.24, 2.45) is 0 Å². The smallest absolute Gasteiger partial charge is 0.119 e. The molecule has 0 aliphatic carbocycles. The molecule has 6 heteroatoms. The molecule has 3 heterocycles. The minimum absolute atomic E-state index is 0.720. The maximum absolute atomic E-state index is 6.22. The first-order chi connectivity index (χ1) is 15.7. The quantitative estimate of drug-likeness (QED) is 0.398. The molecule has 5 nitrogen and oxygen atoms in total. The van der Waals surface area contributed by atoms with E-state index in [1.54, 1.807) is 7.11 Å². The Bertz CT molecular complexity index is 1230. The second-order valence-corrected chi connectivity index (χ2v) is 8.48. The lowest BCUT2D eigenvalue weighted by molar-refractivity contribution is 0.0365. The van der Waals surface area contributed by atoms with Gasteiger partial charge in [0.25, 0.3) is 0 Å². The summed E-state index contributed by atoms with van der Waals surface area (Å²) >= 11 is 6.22. The van der Waals surface area contributed by atoms with Gasteiger partial charge in [-0.05, 0) is 42.0 Å². The maximum Gasteiger partial charge on any atom is 0.119 e. The molecule has 1 saturated heterocycles. The Hall–Kier alpha value is -2.86. The number of ether oxygens (including phenoxy) is 2. The second kappa shape index (κ2) is 9.33. The fraction of sp³-hybridized carbons (Fsp3) is 0.269. The highest BCUT2D eigenvalue weighted by molar-refractivity contribution is 6.30. The number of methoxy groups -OCH3 is 1. The second-order valence-electron chi connectivity index (χ2n) is 8.05. The fourth-order valence-electron chi connectivity index (χ4n) is 4.31. The van der Waals surface area contributed by atoms with Crippen LogP contribution in [-0.2, 0) is 11.3 Å². The maximum atomic E-state index is 6.22. The highest BCUT2D eigenvalue weighted by Crippen LogP contribution is 2.35. The molecular formula is C26H26ClN3O2. The summed E-state index contributed by atoms with van der Waals surface area (Å²) in [6, 6.07) is 16.3. The standard InChI is InChI=1S/C26H26ClN3O2/c1-31-23-5-6-26-24(15-23)25(18-30(26)8-7-29-9-11-32-12-10-29)21-13-20(16-28-17-21)19-3-2-4-22(27)14-19/h2-6,13-18H,7-12H2,1H3. The topological polar surface area (TPSA) is 39.5 Å². The third-order valence-electron chi connectivity index (χ3n) is 6.06. The molecule has 0 atom stereocenters. The van der Waals surface area contributed by atoms with E-state index < -0.39 is 0 Å². The lowest BCUT2D eigenvalue weighted by Gasteiger charge is -2.26. The van der Waals surface area contributed by atoms with E-state index in [1.165, 1.54) is 5.52 Å². The number of halogens is 1. The molecule has 164 valence electrons. The Morgan fingerprint density at radius 3 is 2.62 bits per heavy atom. The number of rotatable bonds is 6. The van der Waals surface area contributed by atoms with E-state index in [1.807, 2.05) is 36.7 Å². The van der Waals surface area contributed by atoms with Crippen molar-refractivity contribution >= 4 is 22.5 Å². The molecular weight excluding hydrogens is 422 g/mol. The van der Waals surface area contributed by atoms with Crippen LogP contribution < -0.4 is 4.74 Å². The van der Waals surface area contributed by atoms with Crippen LogP contribution in [0.1, 0.15) is 0 Å². The summed E-state index contributed by atoms with van der Waals surface area (Å²) in [6.07, 6.45) is 6.05. The number of hydrogen-bond donors (Lipinski definition) is 0. The van der Waals surface area contributed by atoms with Crippen LogP contribution >= 0.6 is 11.6 Å². The van der Waals surface area contributed by atoms with E-state index >= 15 is 0 Å². The van der Waals surface area contributed by atoms with Gasteiger partial charge in [-0.2, -0.15) is 0 Å². The van der Waals surface area contributed by atoms with E-state index in [0.717, 1.165) is 77.8 Å². The molecule has 0 bridgehead atoms. The monoisotopic (exact) mass is 447 g/mol. The molecule has 0 N–H and O–H groups in total. The van der Waals surface area contributed by atoms with Gasteiger partial charge in [-0.15, -0.1) is 0 Å². The van der Waals surface area contributed by atoms with Crippen LogP contribution in [0.3, 0.4) is 0 Å². The van der Waals surface area contributed by atoms with Gasteiger partial charge < -0.3 is 14.0 Å². The SMILES string of the molecule is COc1ccc2c(c1)c(-c1cncc(-c3cccc(Cl)c3)c1)cn2CCN1CCOCC1. The molecule has 0 unspecified atom stereocenters. The highest BCUT2D eigenvalue weighted by atomic mass is 35.5. The number of morpholine rings is 1. The fourth-order valence-corrected chi connectivity index (χ4v) is 4.50. The molecule has 0 radical (unpaired) electrons. The van der Waals surface area contributed by atoms with Crippen molar-refractivity contribution in [3.8, 4) is 28.0 Å². The van der Waals surface area contributed by atoms with Crippen molar-refractivity contribution < 1.29 is 9.47 Å².